The molecular formula is C67H118N24O42S6. The minimum absolute atomic E-state index is 0.0399. The summed E-state index contributed by atoms with van der Waals surface area (Å²) in [7, 11) is -21.7. The molecule has 13 atom stereocenters. The van der Waals surface area contributed by atoms with Gasteiger partial charge >= 0.3 is 98.6 Å². The molecule has 2 saturated carbocycles. The minimum atomic E-state index is -4.81. The second kappa shape index (κ2) is 46.7. The quantitative estimate of drug-likeness (QED) is 0.0154. The number of hydrogen-bond acceptors (Lipinski definition) is 42. The summed E-state index contributed by atoms with van der Waals surface area (Å²) in [5, 5.41) is 15.4. The molecule has 139 heavy (non-hydrogen) atoms. The first kappa shape index (κ1) is 114. The van der Waals surface area contributed by atoms with Gasteiger partial charge in [-0.1, -0.05) is 0 Å². The van der Waals surface area contributed by atoms with Gasteiger partial charge in [0.2, 0.25) is 0 Å². The number of urea groups is 6. The van der Waals surface area contributed by atoms with Crippen LogP contribution in [0.25, 0.3) is 0 Å². The van der Waals surface area contributed by atoms with Gasteiger partial charge in [-0.3, -0.25) is 85.1 Å². The second-order valence-corrected chi connectivity index (χ2v) is 41.5. The van der Waals surface area contributed by atoms with Crippen molar-refractivity contribution in [1.82, 2.24) is 114 Å². The molecule has 12 aliphatic heterocycles. The molecule has 0 aromatic carbocycles. The fourth-order valence-corrected chi connectivity index (χ4v) is 18.0. The lowest BCUT2D eigenvalue weighted by Crippen LogP contribution is -2.51. The van der Waals surface area contributed by atoms with Crippen LogP contribution < -0.4 is 65.6 Å². The van der Waals surface area contributed by atoms with Crippen LogP contribution in [0.15, 0.2) is 0 Å². The Kier molecular flexibility index (Phi) is 38.2. The van der Waals surface area contributed by atoms with E-state index in [0.717, 1.165) is 25.7 Å². The number of nitrogens with two attached hydrogens (primary N) is 2. The van der Waals surface area contributed by atoms with Gasteiger partial charge in [0.1, 0.15) is 36.3 Å². The zero-order valence-electron chi connectivity index (χ0n) is 76.4. The summed E-state index contributed by atoms with van der Waals surface area (Å²) in [6.07, 6.45) is 7.74. The molecular weight excluding hydrogens is 2010 g/mol. The molecule has 0 spiro atoms. The van der Waals surface area contributed by atoms with Crippen molar-refractivity contribution in [3.05, 3.63) is 0 Å². The minimum Gasteiger partial charge on any atom is -0.324 e. The summed E-state index contributed by atoms with van der Waals surface area (Å²) in [5.41, 5.74) is 23.8. The van der Waals surface area contributed by atoms with E-state index in [0.29, 0.717) is 121 Å². The van der Waals surface area contributed by atoms with Gasteiger partial charge in [0.05, 0.1) is 75.9 Å². The highest BCUT2D eigenvalue weighted by Gasteiger charge is 2.57. The molecule has 0 radical (unpaired) electrons. The maximum atomic E-state index is 12.2. The van der Waals surface area contributed by atoms with E-state index in [4.69, 9.17) is 67.8 Å². The average Bonchev–Trinajstić information content (AvgIpc) is 1.65. The number of fused-ring (bicyclic) bond motifs is 12. The molecule has 12 saturated heterocycles. The van der Waals surface area contributed by atoms with Gasteiger partial charge in [-0.2, -0.15) is 80.9 Å². The first-order valence-corrected chi connectivity index (χ1v) is 51.1. The van der Waals surface area contributed by atoms with Gasteiger partial charge in [-0.25, -0.2) is 61.6 Å². The lowest BCUT2D eigenvalue weighted by atomic mass is 10.0. The van der Waals surface area contributed by atoms with E-state index in [1.165, 1.54) is 29.4 Å². The SMILES string of the molecule is CC(C)(N)CONC(=O)[C@@H]1CC[C@@H]2CN1C(=O)N2OS(=O)(=O)O.CNC(C)(C)CONC(=O)[C@@H]1CC[C@@H]2CN1C(=O)N2OS(=O)(=O)O.CNC(C)CONC(=O)[C@@H]1CC[C@@H]2CN1C(=O)N2OS(=O)(=O)O.CNC1(CONC(=O)[C@@H]2CC[C@@H]3CN2C(=O)N3OS(=O)(=O)O)CC1.CNCCONC(=O)[C@@H]1CC[C@@H]2CN1C(=O)N2OS(=O)(=O)O.NC1(CONC(=O)[C@@H]2CC[C@@H]3CN2C(=O)N3OS(=O)(=O)O)CC1. The number of nitrogens with one attached hydrogen (secondary N) is 10. The van der Waals surface area contributed by atoms with Crippen molar-refractivity contribution >= 4 is 134 Å². The molecule has 0 aromatic rings. The van der Waals surface area contributed by atoms with E-state index in [1.54, 1.807) is 35.0 Å². The van der Waals surface area contributed by atoms with Crippen molar-refractivity contribution in [2.45, 2.75) is 238 Å². The van der Waals surface area contributed by atoms with Gasteiger partial charge in [0.15, 0.2) is 0 Å². The zero-order chi connectivity index (χ0) is 103. The molecule has 2 aliphatic carbocycles. The Morgan fingerprint density at radius 1 is 0.374 bits per heavy atom. The highest BCUT2D eigenvalue weighted by molar-refractivity contribution is 7.82. The highest BCUT2D eigenvalue weighted by atomic mass is 32.3. The van der Waals surface area contributed by atoms with Gasteiger partial charge in [0, 0.05) is 74.0 Å². The van der Waals surface area contributed by atoms with Crippen LogP contribution >= 0.6 is 0 Å². The smallest absolute Gasteiger partial charge is 0.324 e. The van der Waals surface area contributed by atoms with Gasteiger partial charge < -0.3 is 62.1 Å². The van der Waals surface area contributed by atoms with Crippen LogP contribution in [0.5, 0.6) is 0 Å². The van der Waals surface area contributed by atoms with Crippen LogP contribution in [0, 0.1) is 0 Å². The first-order valence-electron chi connectivity index (χ1n) is 42.9. The maximum absolute atomic E-state index is 12.2. The third kappa shape index (κ3) is 32.6. The molecule has 18 amide bonds. The molecule has 72 heteroatoms. The third-order valence-electron chi connectivity index (χ3n) is 23.7. The number of rotatable bonds is 40. The molecule has 12 heterocycles. The van der Waals surface area contributed by atoms with Crippen molar-refractivity contribution in [3.63, 3.8) is 0 Å². The van der Waals surface area contributed by atoms with Crippen LogP contribution in [0.1, 0.15) is 137 Å². The number of carbonyl (C=O) groups excluding carboxylic acids is 12. The van der Waals surface area contributed by atoms with Crippen LogP contribution in [-0.4, -0.2) is 424 Å². The molecule has 66 nitrogen and oxygen atoms in total. The summed E-state index contributed by atoms with van der Waals surface area (Å²) >= 11 is 0. The maximum Gasteiger partial charge on any atom is 0.418 e. The predicted molar refractivity (Wildman–Crippen MR) is 456 cm³/mol. The number of piperidine rings is 6. The standard InChI is InChI=1S/C12H20N4O7S.C12H22N4O7S.C11H18N4O7S.2C11H20N4O7S.C10H18N4O7S/c1-13-12(4-5-12)7-22-14-10(17)9-3-2-8-6-15(9)11(18)16(8)23-24(19,20)21;1-12(2,13-3)7-22-14-10(17)9-5-4-8-6-15(9)11(18)16(8)23-24(19,20)21;12-11(3-4-11)6-21-13-9(16)8-2-1-7-5-14(8)10(17)15(7)22-23(18,19)20;1-11(2,12)6-21-13-9(16)8-4-3-7-5-14(8)10(17)15(7)22-23(18,19)20;1-7(12-2)6-21-13-10(16)9-4-3-8-5-14(9)11(17)15(8)22-23(18,19)20;1-11-4-5-20-12-9(15)8-3-2-7-6-13(8)10(16)14(7)21-22(17,18)19/h8-9,13H,2-7H2,1H3,(H,14,17)(H,19,20,21);8-9,13H,4-7H2,1-3H3,(H,14,17)(H,19,20,21);7-8H,1-6,12H2,(H,13,16)(H,18,19,20);7-8H,3-6,12H2,1-2H3,(H,13,16)(H,18,19,20);7-9,12H,3-6H2,1-2H3,(H,13,16)(H,18,19,20);7-8,11H,2-6H2,1H3,(H,12,15)(H,17,18,19)/t2*8-,9+;2*7-,8+;7?,8-,9+;7-,8+/m111111/s1. The summed E-state index contributed by atoms with van der Waals surface area (Å²) in [4.78, 5) is 183. The summed E-state index contributed by atoms with van der Waals surface area (Å²) in [6.45, 7) is 11.8. The van der Waals surface area contributed by atoms with Crippen LogP contribution in [0.4, 0.5) is 28.8 Å². The van der Waals surface area contributed by atoms with Crippen molar-refractivity contribution in [2.24, 2.45) is 11.5 Å². The monoisotopic (exact) mass is 2120 g/mol. The number of likely N-dealkylation sites (N-methyl/N-ethyl adjacent to an activating group) is 4. The van der Waals surface area contributed by atoms with Crippen molar-refractivity contribution in [1.29, 1.82) is 0 Å². The van der Waals surface area contributed by atoms with Gasteiger partial charge in [-0.15, -0.1) is 25.7 Å². The summed E-state index contributed by atoms with van der Waals surface area (Å²) < 4.78 is 207. The lowest BCUT2D eigenvalue weighted by Gasteiger charge is -2.29. The summed E-state index contributed by atoms with van der Waals surface area (Å²) in [5.74, 6) is -2.99. The average molecular weight is 2120 g/mol. The first-order chi connectivity index (χ1) is 64.5. The zero-order valence-corrected chi connectivity index (χ0v) is 81.3. The van der Waals surface area contributed by atoms with Gasteiger partial charge in [-0.05, 0) is 166 Å². The number of carbonyl (C=O) groups is 12. The van der Waals surface area contributed by atoms with Crippen molar-refractivity contribution < 1.29 is 190 Å². The predicted octanol–water partition coefficient (Wildman–Crippen LogP) is -7.97. The van der Waals surface area contributed by atoms with E-state index in [9.17, 15) is 108 Å². The fraction of sp³-hybridized carbons (Fsp3) is 0.821. The Labute approximate surface area is 797 Å². The molecule has 0 aromatic heterocycles. The topological polar surface area (TPSA) is 853 Å². The molecule has 12 bridgehead atoms. The Hall–Kier alpha value is -8.82. The van der Waals surface area contributed by atoms with Crippen LogP contribution in [0.2, 0.25) is 0 Å². The Morgan fingerprint density at radius 2 is 0.619 bits per heavy atom. The summed E-state index contributed by atoms with van der Waals surface area (Å²) in [6, 6.07) is -12.6. The number of amides is 18. The van der Waals surface area contributed by atoms with Crippen LogP contribution in [-0.2, 0) is 146 Å². The molecule has 14 fully saturated rings. The van der Waals surface area contributed by atoms with Crippen molar-refractivity contribution in [3.8, 4) is 0 Å². The third-order valence-corrected chi connectivity index (χ3v) is 25.7. The molecule has 794 valence electrons. The number of nitrogens with zero attached hydrogens (tertiary/aromatic N) is 12. The molecule has 20 N–H and O–H groups in total. The van der Waals surface area contributed by atoms with E-state index >= 15 is 0 Å². The van der Waals surface area contributed by atoms with Gasteiger partial charge in [0.25, 0.3) is 35.4 Å². The Morgan fingerprint density at radius 3 is 0.842 bits per heavy atom. The fourth-order valence-electron chi connectivity index (χ4n) is 15.7. The van der Waals surface area contributed by atoms with E-state index in [-0.39, 0.29) is 95.0 Å². The molecule has 14 aliphatic rings. The molecule has 14 rings (SSSR count). The van der Waals surface area contributed by atoms with Crippen LogP contribution in [0.3, 0.4) is 0 Å². The highest BCUT2D eigenvalue weighted by Crippen LogP contribution is 2.39. The van der Waals surface area contributed by atoms with E-state index in [1.807, 2.05) is 27.8 Å². The second-order valence-electron chi connectivity index (χ2n) is 35.5. The number of hydroxylamine groups is 18. The Bertz CT molecular complexity index is 4980. The van der Waals surface area contributed by atoms with E-state index < -0.39 is 212 Å². The van der Waals surface area contributed by atoms with Crippen molar-refractivity contribution in [2.75, 3.05) is 114 Å². The number of hydrogen-bond donors (Lipinski definition) is 18. The largest absolute Gasteiger partial charge is 0.418 e. The van der Waals surface area contributed by atoms with E-state index in [2.05, 4.69) is 79.9 Å². The molecule has 1 unspecified atom stereocenters. The normalized spacial score (nSPS) is 26.1. The Balaban J connectivity index is 0.000000187. The lowest BCUT2D eigenvalue weighted by molar-refractivity contribution is -0.140.